The fourth-order valence-corrected chi connectivity index (χ4v) is 3.36. The summed E-state index contributed by atoms with van der Waals surface area (Å²) >= 11 is 0. The van der Waals surface area contributed by atoms with Crippen LogP contribution in [0.15, 0.2) is 0 Å². The van der Waals surface area contributed by atoms with Crippen LogP contribution >= 0.6 is 0 Å². The molecule has 0 spiro atoms. The summed E-state index contributed by atoms with van der Waals surface area (Å²) in [4.78, 5) is 0. The first-order valence-corrected chi connectivity index (χ1v) is 7.25. The van der Waals surface area contributed by atoms with Gasteiger partial charge in [0.15, 0.2) is 0 Å². The average Bonchev–Trinajstić information content (AvgIpc) is 2.37. The Balaban J connectivity index is 2.48. The van der Waals surface area contributed by atoms with Crippen LogP contribution in [-0.2, 0) is 0 Å². The maximum absolute atomic E-state index is 9.89. The number of aliphatic hydroxyl groups is 1. The number of hydrogen-bond donors (Lipinski definition) is 1. The van der Waals surface area contributed by atoms with E-state index < -0.39 is 0 Å². The highest BCUT2D eigenvalue weighted by Gasteiger charge is 2.35. The predicted octanol–water partition coefficient (Wildman–Crippen LogP) is 4.39. The van der Waals surface area contributed by atoms with E-state index in [-0.39, 0.29) is 6.10 Å². The number of aliphatic hydroxyl groups excluding tert-OH is 1. The predicted molar refractivity (Wildman–Crippen MR) is 70.4 cm³/mol. The Bertz CT molecular complexity index is 188. The van der Waals surface area contributed by atoms with Gasteiger partial charge in [0.2, 0.25) is 0 Å². The quantitative estimate of drug-likeness (QED) is 0.737. The zero-order valence-corrected chi connectivity index (χ0v) is 11.6. The molecular weight excluding hydrogens is 196 g/mol. The van der Waals surface area contributed by atoms with Crippen LogP contribution in [0.1, 0.15) is 72.6 Å². The lowest BCUT2D eigenvalue weighted by molar-refractivity contribution is 0.0395. The second-order valence-corrected chi connectivity index (χ2v) is 5.95. The SMILES string of the molecule is CCC(O)C1CCC(C(C)(CC)CC)CC1. The maximum atomic E-state index is 9.89. The van der Waals surface area contributed by atoms with Crippen molar-refractivity contribution in [2.45, 2.75) is 78.7 Å². The van der Waals surface area contributed by atoms with E-state index in [0.29, 0.717) is 11.3 Å². The van der Waals surface area contributed by atoms with Crippen molar-refractivity contribution in [3.63, 3.8) is 0 Å². The van der Waals surface area contributed by atoms with E-state index in [4.69, 9.17) is 0 Å². The molecule has 1 unspecified atom stereocenters. The van der Waals surface area contributed by atoms with Gasteiger partial charge in [-0.2, -0.15) is 0 Å². The van der Waals surface area contributed by atoms with Gasteiger partial charge < -0.3 is 5.11 Å². The van der Waals surface area contributed by atoms with Crippen molar-refractivity contribution in [2.75, 3.05) is 0 Å². The first kappa shape index (κ1) is 14.0. The average molecular weight is 226 g/mol. The van der Waals surface area contributed by atoms with Gasteiger partial charge in [-0.1, -0.05) is 40.5 Å². The van der Waals surface area contributed by atoms with Crippen molar-refractivity contribution < 1.29 is 5.11 Å². The molecule has 1 aliphatic rings. The smallest absolute Gasteiger partial charge is 0.0565 e. The van der Waals surface area contributed by atoms with Gasteiger partial charge in [-0.3, -0.25) is 0 Å². The molecule has 1 heteroatoms. The van der Waals surface area contributed by atoms with Gasteiger partial charge in [-0.15, -0.1) is 0 Å². The zero-order chi connectivity index (χ0) is 12.2. The van der Waals surface area contributed by atoms with Gasteiger partial charge in [-0.05, 0) is 49.4 Å². The Morgan fingerprint density at radius 3 is 1.94 bits per heavy atom. The molecule has 1 nitrogen and oxygen atoms in total. The van der Waals surface area contributed by atoms with Crippen molar-refractivity contribution in [3.8, 4) is 0 Å². The van der Waals surface area contributed by atoms with Gasteiger partial charge >= 0.3 is 0 Å². The standard InChI is InChI=1S/C15H30O/c1-5-14(16)12-8-10-13(11-9-12)15(4,6-2)7-3/h12-14,16H,5-11H2,1-4H3. The largest absolute Gasteiger partial charge is 0.393 e. The molecule has 96 valence electrons. The summed E-state index contributed by atoms with van der Waals surface area (Å²) in [6.07, 6.45) is 8.64. The third-order valence-electron chi connectivity index (χ3n) is 5.34. The van der Waals surface area contributed by atoms with Gasteiger partial charge in [0.05, 0.1) is 6.10 Å². The molecule has 0 bridgehead atoms. The molecule has 1 rings (SSSR count). The fraction of sp³-hybridized carbons (Fsp3) is 1.00. The Morgan fingerprint density at radius 2 is 1.56 bits per heavy atom. The molecule has 0 saturated heterocycles. The molecule has 1 saturated carbocycles. The molecule has 0 aromatic carbocycles. The van der Waals surface area contributed by atoms with Gasteiger partial charge in [0.25, 0.3) is 0 Å². The topological polar surface area (TPSA) is 20.2 Å². The summed E-state index contributed by atoms with van der Waals surface area (Å²) in [5.41, 5.74) is 0.544. The normalized spacial score (nSPS) is 29.1. The Morgan fingerprint density at radius 1 is 1.06 bits per heavy atom. The van der Waals surface area contributed by atoms with Crippen molar-refractivity contribution in [2.24, 2.45) is 17.3 Å². The molecule has 1 fully saturated rings. The molecule has 0 heterocycles. The minimum absolute atomic E-state index is 0.0459. The summed E-state index contributed by atoms with van der Waals surface area (Å²) in [6, 6.07) is 0. The lowest BCUT2D eigenvalue weighted by Gasteiger charge is -2.41. The minimum Gasteiger partial charge on any atom is -0.393 e. The van der Waals surface area contributed by atoms with E-state index in [0.717, 1.165) is 12.3 Å². The minimum atomic E-state index is -0.0459. The van der Waals surface area contributed by atoms with Crippen molar-refractivity contribution in [1.29, 1.82) is 0 Å². The number of rotatable bonds is 5. The summed E-state index contributed by atoms with van der Waals surface area (Å²) in [7, 11) is 0. The molecule has 16 heavy (non-hydrogen) atoms. The molecule has 0 radical (unpaired) electrons. The number of hydrogen-bond acceptors (Lipinski definition) is 1. The van der Waals surface area contributed by atoms with Crippen molar-refractivity contribution in [1.82, 2.24) is 0 Å². The summed E-state index contributed by atoms with van der Waals surface area (Å²) in [5.74, 6) is 1.47. The molecule has 0 aliphatic heterocycles. The zero-order valence-electron chi connectivity index (χ0n) is 11.6. The van der Waals surface area contributed by atoms with Crippen LogP contribution < -0.4 is 0 Å². The maximum Gasteiger partial charge on any atom is 0.0565 e. The Labute approximate surface area is 102 Å². The Hall–Kier alpha value is -0.0400. The second kappa shape index (κ2) is 6.05. The summed E-state index contributed by atoms with van der Waals surface area (Å²) in [5, 5.41) is 9.89. The van der Waals surface area contributed by atoms with Crippen LogP contribution in [0.2, 0.25) is 0 Å². The van der Waals surface area contributed by atoms with Crippen LogP contribution in [0.25, 0.3) is 0 Å². The molecular formula is C15H30O. The van der Waals surface area contributed by atoms with Crippen LogP contribution in [0.3, 0.4) is 0 Å². The highest BCUT2D eigenvalue weighted by atomic mass is 16.3. The van der Waals surface area contributed by atoms with E-state index in [9.17, 15) is 5.11 Å². The highest BCUT2D eigenvalue weighted by molar-refractivity contribution is 4.86. The van der Waals surface area contributed by atoms with E-state index in [2.05, 4.69) is 27.7 Å². The van der Waals surface area contributed by atoms with Gasteiger partial charge in [0, 0.05) is 0 Å². The van der Waals surface area contributed by atoms with Gasteiger partial charge in [0.1, 0.15) is 0 Å². The van der Waals surface area contributed by atoms with Crippen LogP contribution in [-0.4, -0.2) is 11.2 Å². The highest BCUT2D eigenvalue weighted by Crippen LogP contribution is 2.45. The molecule has 1 N–H and O–H groups in total. The van der Waals surface area contributed by atoms with Crippen LogP contribution in [0.4, 0.5) is 0 Å². The molecule has 0 amide bonds. The Kier molecular flexibility index (Phi) is 5.30. The lowest BCUT2D eigenvalue weighted by Crippen LogP contribution is -2.33. The first-order chi connectivity index (χ1) is 7.57. The van der Waals surface area contributed by atoms with Crippen LogP contribution in [0.5, 0.6) is 0 Å². The monoisotopic (exact) mass is 226 g/mol. The molecule has 1 aliphatic carbocycles. The lowest BCUT2D eigenvalue weighted by atomic mass is 9.64. The molecule has 0 aromatic heterocycles. The van der Waals surface area contributed by atoms with Gasteiger partial charge in [-0.25, -0.2) is 0 Å². The summed E-state index contributed by atoms with van der Waals surface area (Å²) in [6.45, 7) is 9.21. The first-order valence-electron chi connectivity index (χ1n) is 7.25. The van der Waals surface area contributed by atoms with E-state index in [1.54, 1.807) is 0 Å². The van der Waals surface area contributed by atoms with Crippen LogP contribution in [0, 0.1) is 17.3 Å². The van der Waals surface area contributed by atoms with Crippen molar-refractivity contribution in [3.05, 3.63) is 0 Å². The van der Waals surface area contributed by atoms with E-state index >= 15 is 0 Å². The summed E-state index contributed by atoms with van der Waals surface area (Å²) < 4.78 is 0. The molecule has 1 atom stereocenters. The fourth-order valence-electron chi connectivity index (χ4n) is 3.36. The third kappa shape index (κ3) is 3.00. The van der Waals surface area contributed by atoms with Crippen molar-refractivity contribution >= 4 is 0 Å². The third-order valence-corrected chi connectivity index (χ3v) is 5.34. The van der Waals surface area contributed by atoms with E-state index in [1.165, 1.54) is 38.5 Å². The second-order valence-electron chi connectivity index (χ2n) is 5.95. The molecule has 0 aromatic rings. The van der Waals surface area contributed by atoms with E-state index in [1.807, 2.05) is 0 Å².